The molecule has 2 atom stereocenters. The second-order valence-corrected chi connectivity index (χ2v) is 4.95. The van der Waals surface area contributed by atoms with Gasteiger partial charge in [0.15, 0.2) is 0 Å². The Bertz CT molecular complexity index is 594. The molecular weight excluding hydrogens is 258 g/mol. The molecule has 1 N–H and O–H groups in total. The maximum atomic E-state index is 12.3. The lowest BCUT2D eigenvalue weighted by molar-refractivity contribution is -0.140. The lowest BCUT2D eigenvalue weighted by Crippen LogP contribution is -2.35. The third-order valence-corrected chi connectivity index (χ3v) is 3.73. The van der Waals surface area contributed by atoms with Crippen molar-refractivity contribution in [3.05, 3.63) is 29.8 Å². The molecule has 0 radical (unpaired) electrons. The van der Waals surface area contributed by atoms with Gasteiger partial charge < -0.3 is 4.74 Å². The molecule has 2 aliphatic heterocycles. The van der Waals surface area contributed by atoms with Crippen molar-refractivity contribution in [3.63, 3.8) is 0 Å². The highest BCUT2D eigenvalue weighted by Crippen LogP contribution is 2.27. The second-order valence-electron chi connectivity index (χ2n) is 4.95. The molecule has 6 nitrogen and oxygen atoms in total. The van der Waals surface area contributed by atoms with Gasteiger partial charge in [-0.1, -0.05) is 12.1 Å². The molecule has 0 saturated carbocycles. The van der Waals surface area contributed by atoms with Gasteiger partial charge in [-0.25, -0.2) is 0 Å². The molecule has 1 aromatic carbocycles. The van der Waals surface area contributed by atoms with Crippen molar-refractivity contribution in [1.82, 2.24) is 10.3 Å². The molecule has 0 aliphatic carbocycles. The van der Waals surface area contributed by atoms with E-state index in [1.807, 2.05) is 24.3 Å². The minimum Gasteiger partial charge on any atom is -0.497 e. The highest BCUT2D eigenvalue weighted by Gasteiger charge is 2.51. The van der Waals surface area contributed by atoms with E-state index >= 15 is 0 Å². The number of carbonyl (C=O) groups is 2. The zero-order chi connectivity index (χ0) is 14.3. The Hall–Kier alpha value is -2.37. The maximum Gasteiger partial charge on any atom is 0.254 e. The Kier molecular flexibility index (Phi) is 2.93. The summed E-state index contributed by atoms with van der Waals surface area (Å²) in [6.07, 6.45) is 0. The number of nitrogens with one attached hydrogen (secondary N) is 1. The zero-order valence-electron chi connectivity index (χ0n) is 11.3. The Labute approximate surface area is 116 Å². The van der Waals surface area contributed by atoms with Crippen LogP contribution in [0.25, 0.3) is 0 Å². The molecule has 20 heavy (non-hydrogen) atoms. The van der Waals surface area contributed by atoms with Crippen LogP contribution in [0.1, 0.15) is 12.5 Å². The number of hydrazone groups is 1. The van der Waals surface area contributed by atoms with Crippen LogP contribution >= 0.6 is 0 Å². The fourth-order valence-electron chi connectivity index (χ4n) is 2.59. The molecule has 2 aliphatic rings. The third-order valence-electron chi connectivity index (χ3n) is 3.73. The number of ether oxygens (including phenoxy) is 1. The van der Waals surface area contributed by atoms with Crippen molar-refractivity contribution in [2.75, 3.05) is 7.11 Å². The van der Waals surface area contributed by atoms with E-state index in [1.54, 1.807) is 14.0 Å². The lowest BCUT2D eigenvalue weighted by atomic mass is 10.0. The summed E-state index contributed by atoms with van der Waals surface area (Å²) in [5, 5.41) is 3.97. The number of benzene rings is 1. The summed E-state index contributed by atoms with van der Waals surface area (Å²) < 4.78 is 5.08. The summed E-state index contributed by atoms with van der Waals surface area (Å²) in [4.78, 5) is 25.8. The first-order valence-corrected chi connectivity index (χ1v) is 6.39. The summed E-state index contributed by atoms with van der Waals surface area (Å²) in [6.45, 7) is 2.04. The number of hydrogen-bond donors (Lipinski definition) is 1. The number of hydrogen-bond acceptors (Lipinski definition) is 5. The van der Waals surface area contributed by atoms with Gasteiger partial charge in [0.05, 0.1) is 13.7 Å². The number of imide groups is 1. The summed E-state index contributed by atoms with van der Waals surface area (Å²) in [7, 11) is 1.59. The first kappa shape index (κ1) is 12.7. The number of amides is 2. The van der Waals surface area contributed by atoms with E-state index in [0.29, 0.717) is 5.71 Å². The van der Waals surface area contributed by atoms with Gasteiger partial charge in [-0.05, 0) is 24.6 Å². The van der Waals surface area contributed by atoms with Crippen LogP contribution in [0.5, 0.6) is 5.75 Å². The van der Waals surface area contributed by atoms with Gasteiger partial charge in [-0.3, -0.25) is 19.9 Å². The standard InChI is InChI=1S/C14H15N3O3/c1-8-11-12(16-15-8)14(19)17(13(11)18)7-9-3-5-10(20-2)6-4-9/h3-6,11-12,16H,7H2,1-2H3. The molecule has 6 heteroatoms. The van der Waals surface area contributed by atoms with Crippen LogP contribution in [-0.2, 0) is 16.1 Å². The molecule has 2 heterocycles. The zero-order valence-corrected chi connectivity index (χ0v) is 11.3. The van der Waals surface area contributed by atoms with Crippen LogP contribution in [0.3, 0.4) is 0 Å². The first-order valence-electron chi connectivity index (χ1n) is 6.39. The van der Waals surface area contributed by atoms with Crippen LogP contribution in [0.15, 0.2) is 29.4 Å². The van der Waals surface area contributed by atoms with E-state index in [1.165, 1.54) is 4.90 Å². The quantitative estimate of drug-likeness (QED) is 0.815. The molecule has 0 spiro atoms. The van der Waals surface area contributed by atoms with Gasteiger partial charge in [-0.15, -0.1) is 0 Å². The molecule has 1 aromatic rings. The fraction of sp³-hybridized carbons (Fsp3) is 0.357. The second kappa shape index (κ2) is 4.63. The smallest absolute Gasteiger partial charge is 0.254 e. The first-order chi connectivity index (χ1) is 9.61. The van der Waals surface area contributed by atoms with Crippen LogP contribution < -0.4 is 10.2 Å². The Morgan fingerprint density at radius 1 is 1.25 bits per heavy atom. The predicted molar refractivity (Wildman–Crippen MR) is 72.1 cm³/mol. The number of methoxy groups -OCH3 is 1. The molecule has 1 saturated heterocycles. The SMILES string of the molecule is COc1ccc(CN2C(=O)C3NN=C(C)C3C2=O)cc1. The fourth-order valence-corrected chi connectivity index (χ4v) is 2.59. The Morgan fingerprint density at radius 3 is 2.55 bits per heavy atom. The van der Waals surface area contributed by atoms with E-state index in [0.717, 1.165) is 11.3 Å². The average molecular weight is 273 g/mol. The molecule has 0 bridgehead atoms. The van der Waals surface area contributed by atoms with Gasteiger partial charge in [0, 0.05) is 5.71 Å². The van der Waals surface area contributed by atoms with E-state index in [2.05, 4.69) is 10.5 Å². The van der Waals surface area contributed by atoms with Crippen molar-refractivity contribution in [2.24, 2.45) is 11.0 Å². The maximum absolute atomic E-state index is 12.3. The van der Waals surface area contributed by atoms with E-state index in [9.17, 15) is 9.59 Å². The summed E-state index contributed by atoms with van der Waals surface area (Å²) in [5.41, 5.74) is 4.30. The molecule has 2 unspecified atom stereocenters. The molecule has 104 valence electrons. The normalized spacial score (nSPS) is 24.5. The monoisotopic (exact) mass is 273 g/mol. The number of fused-ring (bicyclic) bond motifs is 1. The van der Waals surface area contributed by atoms with Crippen molar-refractivity contribution >= 4 is 17.5 Å². The number of carbonyl (C=O) groups excluding carboxylic acids is 2. The highest BCUT2D eigenvalue weighted by molar-refractivity contribution is 6.18. The molecular formula is C14H15N3O3. The molecule has 2 amide bonds. The van der Waals surface area contributed by atoms with Crippen molar-refractivity contribution < 1.29 is 14.3 Å². The Balaban J connectivity index is 1.79. The van der Waals surface area contributed by atoms with E-state index in [-0.39, 0.29) is 18.4 Å². The minimum absolute atomic E-state index is 0.179. The van der Waals surface area contributed by atoms with Crippen LogP contribution in [0.2, 0.25) is 0 Å². The lowest BCUT2D eigenvalue weighted by Gasteiger charge is -2.15. The van der Waals surface area contributed by atoms with Crippen molar-refractivity contribution in [2.45, 2.75) is 19.5 Å². The Morgan fingerprint density at radius 2 is 1.95 bits per heavy atom. The van der Waals surface area contributed by atoms with Crippen molar-refractivity contribution in [1.29, 1.82) is 0 Å². The minimum atomic E-state index is -0.527. The van der Waals surface area contributed by atoms with Gasteiger partial charge in [0.2, 0.25) is 5.91 Å². The largest absolute Gasteiger partial charge is 0.497 e. The average Bonchev–Trinajstić information content (AvgIpc) is 2.95. The molecule has 1 fully saturated rings. The van der Waals surface area contributed by atoms with Crippen LogP contribution in [-0.4, -0.2) is 35.6 Å². The number of nitrogens with zero attached hydrogens (tertiary/aromatic N) is 2. The van der Waals surface area contributed by atoms with Crippen molar-refractivity contribution in [3.8, 4) is 5.75 Å². The van der Waals surface area contributed by atoms with Crippen LogP contribution in [0.4, 0.5) is 0 Å². The third kappa shape index (κ3) is 1.84. The summed E-state index contributed by atoms with van der Waals surface area (Å²) >= 11 is 0. The van der Waals surface area contributed by atoms with E-state index in [4.69, 9.17) is 4.74 Å². The molecule has 0 aromatic heterocycles. The number of rotatable bonds is 3. The van der Waals surface area contributed by atoms with E-state index < -0.39 is 12.0 Å². The summed E-state index contributed by atoms with van der Waals surface area (Å²) in [6, 6.07) is 6.79. The highest BCUT2D eigenvalue weighted by atomic mass is 16.5. The predicted octanol–water partition coefficient (Wildman–Crippen LogP) is 0.528. The number of likely N-dealkylation sites (tertiary alicyclic amines) is 1. The van der Waals surface area contributed by atoms with Crippen LogP contribution in [0, 0.1) is 5.92 Å². The van der Waals surface area contributed by atoms with Gasteiger partial charge in [0.1, 0.15) is 17.7 Å². The summed E-state index contributed by atoms with van der Waals surface area (Å²) in [5.74, 6) is -0.0893. The van der Waals surface area contributed by atoms with Gasteiger partial charge >= 0.3 is 0 Å². The van der Waals surface area contributed by atoms with Gasteiger partial charge in [-0.2, -0.15) is 5.10 Å². The molecule has 3 rings (SSSR count). The topological polar surface area (TPSA) is 71.0 Å². The van der Waals surface area contributed by atoms with Gasteiger partial charge in [0.25, 0.3) is 5.91 Å².